The summed E-state index contributed by atoms with van der Waals surface area (Å²) in [4.78, 5) is 11.8. The molecule has 0 bridgehead atoms. The molecule has 1 fully saturated rings. The van der Waals surface area contributed by atoms with Crippen LogP contribution in [0.4, 0.5) is 8.78 Å². The lowest BCUT2D eigenvalue weighted by Gasteiger charge is -2.35. The van der Waals surface area contributed by atoms with Gasteiger partial charge in [0.15, 0.2) is 0 Å². The van der Waals surface area contributed by atoms with Crippen LogP contribution in [0, 0.1) is 0 Å². The van der Waals surface area contributed by atoms with Crippen molar-refractivity contribution in [3.63, 3.8) is 0 Å². The van der Waals surface area contributed by atoms with E-state index in [-0.39, 0.29) is 37.3 Å². The average Bonchev–Trinajstić information content (AvgIpc) is 2.75. The van der Waals surface area contributed by atoms with E-state index in [1.807, 2.05) is 10.7 Å². The number of alkyl halides is 2. The number of rotatable bonds is 3. The number of carbonyl (C=O) groups is 1. The predicted molar refractivity (Wildman–Crippen MR) is 63.7 cm³/mol. The average molecular weight is 270 g/mol. The largest absolute Gasteiger partial charge is 0.353 e. The molecular weight excluding hydrogens is 254 g/mol. The van der Waals surface area contributed by atoms with Crippen LogP contribution in [0.1, 0.15) is 31.0 Å². The second-order valence-corrected chi connectivity index (χ2v) is 5.28. The van der Waals surface area contributed by atoms with Gasteiger partial charge in [0.25, 0.3) is 5.92 Å². The van der Waals surface area contributed by atoms with Gasteiger partial charge in [0.2, 0.25) is 5.91 Å². The molecule has 1 aromatic heterocycles. The van der Waals surface area contributed by atoms with Gasteiger partial charge in [0.1, 0.15) is 0 Å². The maximum absolute atomic E-state index is 12.7. The van der Waals surface area contributed by atoms with Crippen LogP contribution in [-0.2, 0) is 11.3 Å². The van der Waals surface area contributed by atoms with E-state index in [1.165, 1.54) is 0 Å². The predicted octanol–water partition coefficient (Wildman–Crippen LogP) is 0.831. The van der Waals surface area contributed by atoms with Crippen LogP contribution >= 0.6 is 0 Å². The molecule has 1 aliphatic heterocycles. The number of aromatic nitrogens is 2. The standard InChI is InChI=1S/C12H16F2N4O/c13-12(14)4-8(5-12)17-11(19)3-10-7-15-6-9-1-2-16-18(9)10/h1-2,8,10,15H,3-7H2,(H,17,19)/t10-/m0/s1. The summed E-state index contributed by atoms with van der Waals surface area (Å²) in [5, 5.41) is 10.1. The summed E-state index contributed by atoms with van der Waals surface area (Å²) in [7, 11) is 0. The van der Waals surface area contributed by atoms with Gasteiger partial charge in [0, 0.05) is 38.2 Å². The van der Waals surface area contributed by atoms with Crippen molar-refractivity contribution in [2.24, 2.45) is 0 Å². The molecule has 1 aromatic rings. The van der Waals surface area contributed by atoms with Gasteiger partial charge in [-0.05, 0) is 6.07 Å². The summed E-state index contributed by atoms with van der Waals surface area (Å²) >= 11 is 0. The maximum Gasteiger partial charge on any atom is 0.252 e. The van der Waals surface area contributed by atoms with Gasteiger partial charge < -0.3 is 10.6 Å². The van der Waals surface area contributed by atoms with Crippen molar-refractivity contribution in [2.45, 2.75) is 43.8 Å². The highest BCUT2D eigenvalue weighted by Crippen LogP contribution is 2.37. The van der Waals surface area contributed by atoms with Crippen molar-refractivity contribution in [3.05, 3.63) is 18.0 Å². The zero-order valence-electron chi connectivity index (χ0n) is 10.4. The first-order valence-corrected chi connectivity index (χ1v) is 6.44. The zero-order chi connectivity index (χ0) is 13.5. The molecule has 3 rings (SSSR count). The van der Waals surface area contributed by atoms with Crippen molar-refractivity contribution in [2.75, 3.05) is 6.54 Å². The first kappa shape index (κ1) is 12.5. The lowest BCUT2D eigenvalue weighted by molar-refractivity contribution is -0.130. The Labute approximate surface area is 109 Å². The van der Waals surface area contributed by atoms with Gasteiger partial charge in [-0.15, -0.1) is 0 Å². The highest BCUT2D eigenvalue weighted by molar-refractivity contribution is 5.77. The third-order valence-electron chi connectivity index (χ3n) is 3.66. The fraction of sp³-hybridized carbons (Fsp3) is 0.667. The molecule has 1 atom stereocenters. The molecule has 19 heavy (non-hydrogen) atoms. The minimum Gasteiger partial charge on any atom is -0.353 e. The zero-order valence-corrected chi connectivity index (χ0v) is 10.4. The minimum atomic E-state index is -2.60. The third-order valence-corrected chi connectivity index (χ3v) is 3.66. The summed E-state index contributed by atoms with van der Waals surface area (Å²) in [5.41, 5.74) is 1.04. The minimum absolute atomic E-state index is 0.0423. The van der Waals surface area contributed by atoms with E-state index in [4.69, 9.17) is 0 Å². The van der Waals surface area contributed by atoms with Crippen LogP contribution in [0.5, 0.6) is 0 Å². The normalized spacial score (nSPS) is 25.5. The molecule has 7 heteroatoms. The lowest BCUT2D eigenvalue weighted by Crippen LogP contribution is -2.51. The van der Waals surface area contributed by atoms with E-state index < -0.39 is 5.92 Å². The molecule has 5 nitrogen and oxygen atoms in total. The number of nitrogens with zero attached hydrogens (tertiary/aromatic N) is 2. The molecular formula is C12H16F2N4O. The summed E-state index contributed by atoms with van der Waals surface area (Å²) in [6.45, 7) is 1.41. The molecule has 0 unspecified atom stereocenters. The quantitative estimate of drug-likeness (QED) is 0.855. The Balaban J connectivity index is 1.54. The topological polar surface area (TPSA) is 59.0 Å². The van der Waals surface area contributed by atoms with Crippen LogP contribution in [-0.4, -0.2) is 34.2 Å². The molecule has 1 aliphatic carbocycles. The van der Waals surface area contributed by atoms with E-state index >= 15 is 0 Å². The highest BCUT2D eigenvalue weighted by Gasteiger charge is 2.46. The van der Waals surface area contributed by atoms with Crippen LogP contribution < -0.4 is 10.6 Å². The monoisotopic (exact) mass is 270 g/mol. The Hall–Kier alpha value is -1.50. The van der Waals surface area contributed by atoms with Gasteiger partial charge >= 0.3 is 0 Å². The van der Waals surface area contributed by atoms with Crippen molar-refractivity contribution in [1.29, 1.82) is 0 Å². The Morgan fingerprint density at radius 3 is 3.11 bits per heavy atom. The molecule has 2 N–H and O–H groups in total. The second-order valence-electron chi connectivity index (χ2n) is 5.28. The number of nitrogens with one attached hydrogen (secondary N) is 2. The van der Waals surface area contributed by atoms with Crippen molar-refractivity contribution < 1.29 is 13.6 Å². The Morgan fingerprint density at radius 2 is 2.37 bits per heavy atom. The second kappa shape index (κ2) is 4.56. The van der Waals surface area contributed by atoms with E-state index in [1.54, 1.807) is 6.20 Å². The maximum atomic E-state index is 12.7. The Bertz CT molecular complexity index is 480. The fourth-order valence-electron chi connectivity index (χ4n) is 2.69. The number of carbonyl (C=O) groups excluding carboxylic acids is 1. The highest BCUT2D eigenvalue weighted by atomic mass is 19.3. The summed E-state index contributed by atoms with van der Waals surface area (Å²) in [6, 6.07) is 1.49. The number of fused-ring (bicyclic) bond motifs is 1. The van der Waals surface area contributed by atoms with E-state index in [0.29, 0.717) is 6.54 Å². The van der Waals surface area contributed by atoms with E-state index in [2.05, 4.69) is 15.7 Å². The molecule has 0 aromatic carbocycles. The first-order chi connectivity index (χ1) is 9.03. The molecule has 1 amide bonds. The summed E-state index contributed by atoms with van der Waals surface area (Å²) in [6.07, 6.45) is 1.49. The van der Waals surface area contributed by atoms with Crippen molar-refractivity contribution in [1.82, 2.24) is 20.4 Å². The molecule has 0 saturated heterocycles. The molecule has 1 saturated carbocycles. The fourth-order valence-corrected chi connectivity index (χ4v) is 2.69. The number of amides is 1. The van der Waals surface area contributed by atoms with Gasteiger partial charge in [-0.25, -0.2) is 8.78 Å². The number of halogens is 2. The SMILES string of the molecule is O=C(C[C@H]1CNCc2ccnn21)NC1CC(F)(F)C1. The molecule has 0 spiro atoms. The molecule has 0 radical (unpaired) electrons. The van der Waals surface area contributed by atoms with E-state index in [0.717, 1.165) is 12.2 Å². The molecule has 2 heterocycles. The number of hydrogen-bond donors (Lipinski definition) is 2. The third kappa shape index (κ3) is 2.60. The van der Waals surface area contributed by atoms with Crippen molar-refractivity contribution in [3.8, 4) is 0 Å². The van der Waals surface area contributed by atoms with Gasteiger partial charge in [-0.1, -0.05) is 0 Å². The van der Waals surface area contributed by atoms with Crippen LogP contribution in [0.2, 0.25) is 0 Å². The first-order valence-electron chi connectivity index (χ1n) is 6.44. The van der Waals surface area contributed by atoms with Gasteiger partial charge in [0.05, 0.1) is 18.2 Å². The van der Waals surface area contributed by atoms with Crippen LogP contribution in [0.15, 0.2) is 12.3 Å². The van der Waals surface area contributed by atoms with Crippen LogP contribution in [0.3, 0.4) is 0 Å². The smallest absolute Gasteiger partial charge is 0.252 e. The van der Waals surface area contributed by atoms with Crippen LogP contribution in [0.25, 0.3) is 0 Å². The molecule has 2 aliphatic rings. The van der Waals surface area contributed by atoms with Crippen molar-refractivity contribution >= 4 is 5.91 Å². The van der Waals surface area contributed by atoms with E-state index in [9.17, 15) is 13.6 Å². The Morgan fingerprint density at radius 1 is 1.58 bits per heavy atom. The summed E-state index contributed by atoms with van der Waals surface area (Å²) in [5.74, 6) is -2.78. The summed E-state index contributed by atoms with van der Waals surface area (Å²) < 4.78 is 27.2. The Kier molecular flexibility index (Phi) is 3.00. The van der Waals surface area contributed by atoms with Gasteiger partial charge in [-0.3, -0.25) is 9.48 Å². The van der Waals surface area contributed by atoms with Gasteiger partial charge in [-0.2, -0.15) is 5.10 Å². The number of hydrogen-bond acceptors (Lipinski definition) is 3. The lowest BCUT2D eigenvalue weighted by atomic mass is 9.88. The molecule has 104 valence electrons.